The Kier molecular flexibility index (Phi) is 8.61. The molecule has 0 aromatic heterocycles. The van der Waals surface area contributed by atoms with Crippen LogP contribution in [0.1, 0.15) is 44.7 Å². The van der Waals surface area contributed by atoms with Crippen molar-refractivity contribution >= 4 is 17.9 Å². The minimum Gasteiger partial charge on any atom is -0.482 e. The van der Waals surface area contributed by atoms with Crippen molar-refractivity contribution in [3.8, 4) is 5.75 Å². The standard InChI is InChI=1S/C19H28N2O5/c1-12(2)9-20-19(24)21-17(22)10-26-18(23)11-25-15-6-7-16(13(3)4)14(5)8-15/h6-8,12-13H,9-11H2,1-5H3,(H2,20,21,22,24). The Bertz CT molecular complexity index is 641. The summed E-state index contributed by atoms with van der Waals surface area (Å²) in [5.74, 6) is -0.152. The monoisotopic (exact) mass is 364 g/mol. The highest BCUT2D eigenvalue weighted by molar-refractivity contribution is 5.95. The number of nitrogens with one attached hydrogen (secondary N) is 2. The number of ether oxygens (including phenoxy) is 2. The number of rotatable bonds is 8. The maximum Gasteiger partial charge on any atom is 0.344 e. The molecule has 0 bridgehead atoms. The molecule has 0 aliphatic heterocycles. The van der Waals surface area contributed by atoms with Gasteiger partial charge < -0.3 is 14.8 Å². The van der Waals surface area contributed by atoms with Gasteiger partial charge in [0.25, 0.3) is 5.91 Å². The molecule has 0 radical (unpaired) electrons. The summed E-state index contributed by atoms with van der Waals surface area (Å²) in [6.45, 7) is 9.65. The maximum absolute atomic E-state index is 11.7. The summed E-state index contributed by atoms with van der Waals surface area (Å²) in [5, 5.41) is 4.61. The molecule has 2 N–H and O–H groups in total. The minimum atomic E-state index is -0.697. The van der Waals surface area contributed by atoms with E-state index < -0.39 is 24.5 Å². The molecule has 0 atom stereocenters. The molecule has 1 aromatic carbocycles. The van der Waals surface area contributed by atoms with Crippen molar-refractivity contribution in [2.24, 2.45) is 5.92 Å². The van der Waals surface area contributed by atoms with E-state index in [0.29, 0.717) is 18.2 Å². The van der Waals surface area contributed by atoms with Crippen molar-refractivity contribution in [1.29, 1.82) is 0 Å². The summed E-state index contributed by atoms with van der Waals surface area (Å²) in [6, 6.07) is 5.00. The Labute approximate surface area is 154 Å². The van der Waals surface area contributed by atoms with Gasteiger partial charge in [0, 0.05) is 6.54 Å². The minimum absolute atomic E-state index is 0.268. The molecule has 144 valence electrons. The molecule has 0 saturated heterocycles. The normalized spacial score (nSPS) is 10.6. The molecule has 0 heterocycles. The van der Waals surface area contributed by atoms with Gasteiger partial charge in [-0.3, -0.25) is 10.1 Å². The van der Waals surface area contributed by atoms with Crippen molar-refractivity contribution < 1.29 is 23.9 Å². The summed E-state index contributed by atoms with van der Waals surface area (Å²) in [4.78, 5) is 34.6. The zero-order valence-corrected chi connectivity index (χ0v) is 16.0. The van der Waals surface area contributed by atoms with Gasteiger partial charge in [0.2, 0.25) is 0 Å². The van der Waals surface area contributed by atoms with Crippen LogP contribution in [0.4, 0.5) is 4.79 Å². The molecule has 3 amide bonds. The Morgan fingerprint density at radius 3 is 2.35 bits per heavy atom. The average Bonchev–Trinajstić information content (AvgIpc) is 2.56. The Hall–Kier alpha value is -2.57. The molecule has 0 unspecified atom stereocenters. The molecular weight excluding hydrogens is 336 g/mol. The average molecular weight is 364 g/mol. The first-order valence-corrected chi connectivity index (χ1v) is 8.65. The molecule has 0 spiro atoms. The Morgan fingerprint density at radius 1 is 1.08 bits per heavy atom. The summed E-state index contributed by atoms with van der Waals surface area (Å²) < 4.78 is 10.2. The second-order valence-electron chi connectivity index (χ2n) is 6.77. The van der Waals surface area contributed by atoms with Gasteiger partial charge >= 0.3 is 12.0 Å². The predicted molar refractivity (Wildman–Crippen MR) is 98.1 cm³/mol. The fourth-order valence-electron chi connectivity index (χ4n) is 2.22. The molecule has 1 rings (SSSR count). The molecule has 1 aromatic rings. The first kappa shape index (κ1) is 21.5. The number of carbonyl (C=O) groups excluding carboxylic acids is 3. The third kappa shape index (κ3) is 8.00. The highest BCUT2D eigenvalue weighted by Crippen LogP contribution is 2.23. The van der Waals surface area contributed by atoms with E-state index in [1.807, 2.05) is 32.9 Å². The third-order valence-corrected chi connectivity index (χ3v) is 3.51. The lowest BCUT2D eigenvalue weighted by Gasteiger charge is -2.12. The molecule has 7 heteroatoms. The van der Waals surface area contributed by atoms with E-state index in [1.165, 1.54) is 5.56 Å². The van der Waals surface area contributed by atoms with E-state index in [9.17, 15) is 14.4 Å². The number of benzene rings is 1. The highest BCUT2D eigenvalue weighted by atomic mass is 16.6. The first-order chi connectivity index (χ1) is 12.2. The molecule has 0 saturated carbocycles. The van der Waals surface area contributed by atoms with Crippen molar-refractivity contribution in [2.45, 2.75) is 40.5 Å². The highest BCUT2D eigenvalue weighted by Gasteiger charge is 2.12. The van der Waals surface area contributed by atoms with Gasteiger partial charge in [0.15, 0.2) is 13.2 Å². The zero-order chi connectivity index (χ0) is 19.7. The van der Waals surface area contributed by atoms with Crippen molar-refractivity contribution in [2.75, 3.05) is 19.8 Å². The lowest BCUT2D eigenvalue weighted by atomic mass is 9.98. The molecule has 0 fully saturated rings. The van der Waals surface area contributed by atoms with E-state index >= 15 is 0 Å². The predicted octanol–water partition coefficient (Wildman–Crippen LogP) is 2.52. The van der Waals surface area contributed by atoms with Crippen LogP contribution >= 0.6 is 0 Å². The number of imide groups is 1. The number of aryl methyl sites for hydroxylation is 1. The van der Waals surface area contributed by atoms with Crippen LogP contribution in [0.15, 0.2) is 18.2 Å². The van der Waals surface area contributed by atoms with Gasteiger partial charge in [0.05, 0.1) is 0 Å². The van der Waals surface area contributed by atoms with Crippen LogP contribution in [0.2, 0.25) is 0 Å². The van der Waals surface area contributed by atoms with E-state index in [-0.39, 0.29) is 12.5 Å². The van der Waals surface area contributed by atoms with Gasteiger partial charge in [-0.2, -0.15) is 0 Å². The topological polar surface area (TPSA) is 93.7 Å². The molecule has 7 nitrogen and oxygen atoms in total. The molecule has 0 aliphatic rings. The van der Waals surface area contributed by atoms with E-state index in [4.69, 9.17) is 9.47 Å². The zero-order valence-electron chi connectivity index (χ0n) is 16.0. The van der Waals surface area contributed by atoms with Gasteiger partial charge in [-0.1, -0.05) is 33.8 Å². The SMILES string of the molecule is Cc1cc(OCC(=O)OCC(=O)NC(=O)NCC(C)C)ccc1C(C)C. The van der Waals surface area contributed by atoms with Gasteiger partial charge in [0.1, 0.15) is 5.75 Å². The van der Waals surface area contributed by atoms with Crippen molar-refractivity contribution in [1.82, 2.24) is 10.6 Å². The van der Waals surface area contributed by atoms with Crippen LogP contribution in [-0.2, 0) is 14.3 Å². The maximum atomic E-state index is 11.7. The summed E-state index contributed by atoms with van der Waals surface area (Å²) in [6.07, 6.45) is 0. The van der Waals surface area contributed by atoms with Crippen molar-refractivity contribution in [3.05, 3.63) is 29.3 Å². The van der Waals surface area contributed by atoms with E-state index in [1.54, 1.807) is 6.07 Å². The first-order valence-electron chi connectivity index (χ1n) is 8.65. The fraction of sp³-hybridized carbons (Fsp3) is 0.526. The summed E-state index contributed by atoms with van der Waals surface area (Å²) in [7, 11) is 0. The second kappa shape index (κ2) is 10.4. The van der Waals surface area contributed by atoms with Crippen LogP contribution in [0.3, 0.4) is 0 Å². The number of esters is 1. The van der Waals surface area contributed by atoms with Gasteiger partial charge in [-0.25, -0.2) is 9.59 Å². The molecule has 0 aliphatic carbocycles. The lowest BCUT2D eigenvalue weighted by molar-refractivity contribution is -0.150. The molecular formula is C19H28N2O5. The van der Waals surface area contributed by atoms with E-state index in [2.05, 4.69) is 24.5 Å². The lowest BCUT2D eigenvalue weighted by Crippen LogP contribution is -2.42. The molecule has 26 heavy (non-hydrogen) atoms. The van der Waals surface area contributed by atoms with Crippen LogP contribution in [0.5, 0.6) is 5.75 Å². The number of amides is 3. The van der Waals surface area contributed by atoms with Crippen LogP contribution in [0, 0.1) is 12.8 Å². The smallest absolute Gasteiger partial charge is 0.344 e. The third-order valence-electron chi connectivity index (χ3n) is 3.51. The Morgan fingerprint density at radius 2 is 1.77 bits per heavy atom. The Balaban J connectivity index is 2.33. The quantitative estimate of drug-likeness (QED) is 0.691. The largest absolute Gasteiger partial charge is 0.482 e. The van der Waals surface area contributed by atoms with E-state index in [0.717, 1.165) is 5.56 Å². The van der Waals surface area contributed by atoms with Gasteiger partial charge in [-0.05, 0) is 42.0 Å². The number of hydrogen-bond acceptors (Lipinski definition) is 5. The second-order valence-corrected chi connectivity index (χ2v) is 6.77. The van der Waals surface area contributed by atoms with Gasteiger partial charge in [-0.15, -0.1) is 0 Å². The van der Waals surface area contributed by atoms with Crippen LogP contribution < -0.4 is 15.4 Å². The summed E-state index contributed by atoms with van der Waals surface area (Å²) >= 11 is 0. The summed E-state index contributed by atoms with van der Waals surface area (Å²) in [5.41, 5.74) is 2.30. The van der Waals surface area contributed by atoms with Crippen LogP contribution in [-0.4, -0.2) is 37.7 Å². The number of carbonyl (C=O) groups is 3. The number of hydrogen-bond donors (Lipinski definition) is 2. The van der Waals surface area contributed by atoms with Crippen molar-refractivity contribution in [3.63, 3.8) is 0 Å². The number of urea groups is 1. The van der Waals surface area contributed by atoms with Crippen LogP contribution in [0.25, 0.3) is 0 Å². The fourth-order valence-corrected chi connectivity index (χ4v) is 2.22.